The Bertz CT molecular complexity index is 475. The van der Waals surface area contributed by atoms with Crippen LogP contribution in [0.5, 0.6) is 0 Å². The number of carbonyl (C=O) groups is 2. The van der Waals surface area contributed by atoms with E-state index in [0.29, 0.717) is 18.6 Å². The van der Waals surface area contributed by atoms with E-state index >= 15 is 0 Å². The van der Waals surface area contributed by atoms with Crippen molar-refractivity contribution >= 4 is 62.3 Å². The van der Waals surface area contributed by atoms with Crippen LogP contribution in [0, 0.1) is 0 Å². The van der Waals surface area contributed by atoms with Crippen LogP contribution < -0.4 is 0 Å². The molecule has 1 atom stereocenters. The Labute approximate surface area is 189 Å². The highest BCUT2D eigenvalue weighted by molar-refractivity contribution is 8.17. The van der Waals surface area contributed by atoms with Crippen LogP contribution >= 0.6 is 52.1 Å². The van der Waals surface area contributed by atoms with E-state index < -0.39 is 6.07 Å². The largest absolute Gasteiger partial charge is 0.380 e. The molecule has 0 fully saturated rings. The molecule has 0 amide bonds. The highest BCUT2D eigenvalue weighted by atomic mass is 35.9. The summed E-state index contributed by atoms with van der Waals surface area (Å²) in [5, 5.41) is -0.103. The summed E-state index contributed by atoms with van der Waals surface area (Å²) in [6, 6.07) is 0. The lowest BCUT2D eigenvalue weighted by Gasteiger charge is -2.15. The Hall–Kier alpha value is 0.810. The molecule has 28 heavy (non-hydrogen) atoms. The highest BCUT2D eigenvalue weighted by Gasteiger charge is 2.22. The van der Waals surface area contributed by atoms with E-state index in [1.54, 1.807) is 0 Å². The van der Waals surface area contributed by atoms with Gasteiger partial charge in [-0.2, -0.15) is 0 Å². The van der Waals surface area contributed by atoms with Crippen LogP contribution in [0.4, 0.5) is 0 Å². The van der Waals surface area contributed by atoms with Crippen molar-refractivity contribution in [1.29, 1.82) is 0 Å². The van der Waals surface area contributed by atoms with Gasteiger partial charge in [-0.15, -0.1) is 0 Å². The normalized spacial score (nSPS) is 12.9. The van der Waals surface area contributed by atoms with Crippen LogP contribution in [-0.4, -0.2) is 27.8 Å². The SMILES string of the molecule is CCCCCCCC(=O)SC[C@@H](COP(=O)(Cl)Cl)SC(=O)CCCCCCC. The monoisotopic (exact) mass is 492 g/mol. The van der Waals surface area contributed by atoms with Gasteiger partial charge in [-0.05, 0) is 35.3 Å². The number of hydrogen-bond acceptors (Lipinski definition) is 6. The minimum Gasteiger partial charge on any atom is -0.305 e. The summed E-state index contributed by atoms with van der Waals surface area (Å²) in [6.07, 6.45) is 8.33. The molecular formula is C19H35Cl2O4PS2. The fourth-order valence-corrected chi connectivity index (χ4v) is 5.33. The van der Waals surface area contributed by atoms with Gasteiger partial charge in [0, 0.05) is 23.8 Å². The fraction of sp³-hybridized carbons (Fsp3) is 0.895. The molecule has 0 unspecified atom stereocenters. The van der Waals surface area contributed by atoms with Gasteiger partial charge in [0.1, 0.15) is 0 Å². The average Bonchev–Trinajstić information content (AvgIpc) is 2.63. The number of rotatable bonds is 18. The molecule has 0 radical (unpaired) electrons. The van der Waals surface area contributed by atoms with Crippen molar-refractivity contribution in [3.63, 3.8) is 0 Å². The third kappa shape index (κ3) is 20.1. The van der Waals surface area contributed by atoms with E-state index in [4.69, 9.17) is 27.0 Å². The summed E-state index contributed by atoms with van der Waals surface area (Å²) in [4.78, 5) is 24.3. The lowest BCUT2D eigenvalue weighted by Crippen LogP contribution is -2.17. The van der Waals surface area contributed by atoms with E-state index in [1.165, 1.54) is 37.4 Å². The molecule has 0 aliphatic rings. The molecule has 0 saturated carbocycles. The van der Waals surface area contributed by atoms with Crippen LogP contribution in [0.2, 0.25) is 0 Å². The molecule has 0 aliphatic heterocycles. The lowest BCUT2D eigenvalue weighted by atomic mass is 10.1. The number of hydrogen-bond donors (Lipinski definition) is 0. The minimum atomic E-state index is -3.65. The van der Waals surface area contributed by atoms with Gasteiger partial charge in [0.25, 0.3) is 0 Å². The van der Waals surface area contributed by atoms with Crippen molar-refractivity contribution < 1.29 is 18.7 Å². The second-order valence-electron chi connectivity index (χ2n) is 6.83. The number of thioether (sulfide) groups is 2. The Morgan fingerprint density at radius 3 is 1.86 bits per heavy atom. The summed E-state index contributed by atoms with van der Waals surface area (Å²) in [5.74, 6) is 0.424. The Kier molecular flexibility index (Phi) is 19.1. The summed E-state index contributed by atoms with van der Waals surface area (Å²) >= 11 is 13.3. The standard InChI is InChI=1S/C19H35Cl2O4PS2/c1-3-5-7-9-11-13-18(22)27-16-17(15-25-26(20,21)24)28-19(23)14-12-10-8-6-4-2/h17H,3-16H2,1-2H3/t17-/m1/s1. The second kappa shape index (κ2) is 18.6. The molecule has 166 valence electrons. The highest BCUT2D eigenvalue weighted by Crippen LogP contribution is 2.57. The van der Waals surface area contributed by atoms with E-state index in [-0.39, 0.29) is 22.1 Å². The zero-order valence-electron chi connectivity index (χ0n) is 17.1. The maximum absolute atomic E-state index is 12.2. The number of halogens is 2. The van der Waals surface area contributed by atoms with Crippen molar-refractivity contribution in [1.82, 2.24) is 0 Å². The smallest absolute Gasteiger partial charge is 0.305 e. The summed E-state index contributed by atoms with van der Waals surface area (Å²) in [7, 11) is 0. The molecule has 0 spiro atoms. The van der Waals surface area contributed by atoms with Gasteiger partial charge in [0.15, 0.2) is 10.2 Å². The molecule has 0 aliphatic carbocycles. The first-order valence-electron chi connectivity index (χ1n) is 10.3. The summed E-state index contributed by atoms with van der Waals surface area (Å²) in [5.41, 5.74) is 0. The molecule has 0 N–H and O–H groups in total. The van der Waals surface area contributed by atoms with Crippen LogP contribution in [0.1, 0.15) is 90.9 Å². The topological polar surface area (TPSA) is 60.4 Å². The van der Waals surface area contributed by atoms with Gasteiger partial charge >= 0.3 is 6.07 Å². The Morgan fingerprint density at radius 1 is 0.857 bits per heavy atom. The van der Waals surface area contributed by atoms with Gasteiger partial charge in [0.2, 0.25) is 0 Å². The first-order valence-corrected chi connectivity index (χ1v) is 15.6. The van der Waals surface area contributed by atoms with Crippen LogP contribution in [0.15, 0.2) is 0 Å². The zero-order valence-corrected chi connectivity index (χ0v) is 21.2. The van der Waals surface area contributed by atoms with Crippen LogP contribution in [0.3, 0.4) is 0 Å². The first kappa shape index (κ1) is 28.8. The fourth-order valence-electron chi connectivity index (χ4n) is 2.53. The Balaban J connectivity index is 4.26. The molecule has 9 heteroatoms. The lowest BCUT2D eigenvalue weighted by molar-refractivity contribution is -0.112. The molecule has 0 aromatic heterocycles. The molecule has 0 aromatic carbocycles. The van der Waals surface area contributed by atoms with Gasteiger partial charge in [0.05, 0.1) is 6.61 Å². The van der Waals surface area contributed by atoms with Gasteiger partial charge in [-0.1, -0.05) is 88.7 Å². The summed E-state index contributed by atoms with van der Waals surface area (Å²) in [6.45, 7) is 4.31. The average molecular weight is 493 g/mol. The summed E-state index contributed by atoms with van der Waals surface area (Å²) < 4.78 is 16.4. The van der Waals surface area contributed by atoms with Gasteiger partial charge in [-0.3, -0.25) is 14.2 Å². The third-order valence-corrected chi connectivity index (χ3v) is 7.55. The van der Waals surface area contributed by atoms with Crippen LogP contribution in [-0.2, 0) is 18.7 Å². The van der Waals surface area contributed by atoms with E-state index in [2.05, 4.69) is 13.8 Å². The quantitative estimate of drug-likeness (QED) is 0.142. The van der Waals surface area contributed by atoms with E-state index in [0.717, 1.165) is 50.3 Å². The number of carbonyl (C=O) groups excluding carboxylic acids is 2. The van der Waals surface area contributed by atoms with Crippen molar-refractivity contribution in [3.8, 4) is 0 Å². The first-order chi connectivity index (χ1) is 13.3. The molecule has 0 aromatic rings. The van der Waals surface area contributed by atoms with Crippen molar-refractivity contribution in [2.45, 2.75) is 96.1 Å². The maximum Gasteiger partial charge on any atom is 0.380 e. The predicted molar refractivity (Wildman–Crippen MR) is 126 cm³/mol. The number of unbranched alkanes of at least 4 members (excludes halogenated alkanes) is 8. The zero-order chi connectivity index (χ0) is 21.3. The van der Waals surface area contributed by atoms with Crippen molar-refractivity contribution in [2.75, 3.05) is 12.4 Å². The van der Waals surface area contributed by atoms with Gasteiger partial charge in [-0.25, -0.2) is 0 Å². The molecule has 0 bridgehead atoms. The molecule has 0 heterocycles. The predicted octanol–water partition coefficient (Wildman–Crippen LogP) is 8.20. The maximum atomic E-state index is 12.2. The van der Waals surface area contributed by atoms with E-state index in [1.807, 2.05) is 0 Å². The van der Waals surface area contributed by atoms with E-state index in [9.17, 15) is 14.2 Å². The molecule has 0 saturated heterocycles. The van der Waals surface area contributed by atoms with Crippen molar-refractivity contribution in [2.24, 2.45) is 0 Å². The van der Waals surface area contributed by atoms with Crippen LogP contribution in [0.25, 0.3) is 0 Å². The van der Waals surface area contributed by atoms with Gasteiger partial charge < -0.3 is 4.52 Å². The molecular weight excluding hydrogens is 458 g/mol. The third-order valence-electron chi connectivity index (χ3n) is 4.11. The minimum absolute atomic E-state index is 0.00665. The Morgan fingerprint density at radius 2 is 1.36 bits per heavy atom. The van der Waals surface area contributed by atoms with Crippen molar-refractivity contribution in [3.05, 3.63) is 0 Å². The molecule has 4 nitrogen and oxygen atoms in total. The molecule has 0 rings (SSSR count). The second-order valence-corrected chi connectivity index (χ2v) is 13.5.